The number of rotatable bonds is 8. The molecule has 0 saturated carbocycles. The number of imide groups is 1. The van der Waals surface area contributed by atoms with Crippen molar-refractivity contribution in [3.63, 3.8) is 0 Å². The van der Waals surface area contributed by atoms with Crippen LogP contribution in [-0.2, 0) is 9.59 Å². The number of carbonyl (C=O) groups excluding carboxylic acids is 2. The summed E-state index contributed by atoms with van der Waals surface area (Å²) in [6, 6.07) is 0. The number of allylic oxidation sites excluding steroid dienone is 6. The van der Waals surface area contributed by atoms with Crippen LogP contribution in [0.5, 0.6) is 0 Å². The molecule has 0 aromatic heterocycles. The molecule has 2 unspecified atom stereocenters. The molecule has 138 valence electrons. The van der Waals surface area contributed by atoms with Crippen LogP contribution in [0.4, 0.5) is 0 Å². The third kappa shape index (κ3) is 5.15. The number of nitrogens with zero attached hydrogens (tertiary/aromatic N) is 1. The summed E-state index contributed by atoms with van der Waals surface area (Å²) in [6.45, 7) is 6.40. The molecule has 4 heteroatoms. The van der Waals surface area contributed by atoms with Crippen molar-refractivity contribution in [3.8, 4) is 0 Å². The molecule has 0 radical (unpaired) electrons. The number of hydrogen-bond donors (Lipinski definition) is 1. The van der Waals surface area contributed by atoms with Crippen LogP contribution in [-0.4, -0.2) is 35.0 Å². The van der Waals surface area contributed by atoms with E-state index in [1.165, 1.54) is 21.6 Å². The minimum atomic E-state index is -0.207. The zero-order valence-electron chi connectivity index (χ0n) is 15.8. The van der Waals surface area contributed by atoms with Crippen molar-refractivity contribution in [1.29, 1.82) is 0 Å². The van der Waals surface area contributed by atoms with Gasteiger partial charge < -0.3 is 5.11 Å². The number of likely N-dealkylation sites (tertiary alicyclic amines) is 1. The lowest BCUT2D eigenvalue weighted by Gasteiger charge is -2.21. The van der Waals surface area contributed by atoms with Crippen molar-refractivity contribution in [3.05, 3.63) is 34.9 Å². The molecular weight excluding hydrogens is 314 g/mol. The molecule has 1 saturated heterocycles. The van der Waals surface area contributed by atoms with E-state index in [9.17, 15) is 9.59 Å². The predicted octanol–water partition coefficient (Wildman–Crippen LogP) is 3.77. The van der Waals surface area contributed by atoms with Gasteiger partial charge in [0.2, 0.25) is 11.8 Å². The van der Waals surface area contributed by atoms with Gasteiger partial charge in [0.05, 0.1) is 25.0 Å². The number of β-amino-alcohol motifs (C(OH)–C–C–N with tert-alkyl or cyclic N) is 1. The van der Waals surface area contributed by atoms with Crippen molar-refractivity contribution < 1.29 is 14.7 Å². The standard InChI is InChI=1S/C21H31NO3/c1-15(2)6-4-7-16(3)8-5-9-17-10-11-18-19(14-17)21(25)22(12-13-23)20(18)24/h6,8,10,18-19,23H,4-5,7,9,11-14H2,1-3H3/b16-8+. The summed E-state index contributed by atoms with van der Waals surface area (Å²) in [5.41, 5.74) is 4.07. The number of aliphatic hydroxyl groups excluding tert-OH is 1. The summed E-state index contributed by atoms with van der Waals surface area (Å²) in [4.78, 5) is 25.9. The van der Waals surface area contributed by atoms with Crippen molar-refractivity contribution in [2.75, 3.05) is 13.2 Å². The van der Waals surface area contributed by atoms with Gasteiger partial charge in [-0.3, -0.25) is 14.5 Å². The molecule has 1 fully saturated rings. The molecule has 2 amide bonds. The SMILES string of the molecule is CC(C)=CCC/C(C)=C/CCC1=CCC2C(=O)N(CCO)C(=O)C2C1. The van der Waals surface area contributed by atoms with Gasteiger partial charge in [0, 0.05) is 0 Å². The van der Waals surface area contributed by atoms with Gasteiger partial charge in [0.1, 0.15) is 0 Å². The highest BCUT2D eigenvalue weighted by molar-refractivity contribution is 6.05. The first-order valence-electron chi connectivity index (χ1n) is 9.37. The normalized spacial score (nSPS) is 23.6. The van der Waals surface area contributed by atoms with Gasteiger partial charge in [0.25, 0.3) is 0 Å². The highest BCUT2D eigenvalue weighted by Crippen LogP contribution is 2.38. The lowest BCUT2D eigenvalue weighted by Crippen LogP contribution is -2.33. The van der Waals surface area contributed by atoms with Crippen molar-refractivity contribution >= 4 is 11.8 Å². The van der Waals surface area contributed by atoms with Gasteiger partial charge in [0.15, 0.2) is 0 Å². The largest absolute Gasteiger partial charge is 0.395 e. The first-order chi connectivity index (χ1) is 11.9. The molecule has 2 rings (SSSR count). The van der Waals surface area contributed by atoms with Crippen LogP contribution in [0.2, 0.25) is 0 Å². The summed E-state index contributed by atoms with van der Waals surface area (Å²) >= 11 is 0. The second-order valence-corrected chi connectivity index (χ2v) is 7.48. The van der Waals surface area contributed by atoms with E-state index in [1.807, 2.05) is 0 Å². The van der Waals surface area contributed by atoms with Crippen LogP contribution < -0.4 is 0 Å². The Kier molecular flexibility index (Phi) is 7.18. The van der Waals surface area contributed by atoms with Crippen LogP contribution in [0.25, 0.3) is 0 Å². The number of aliphatic hydroxyl groups is 1. The Morgan fingerprint density at radius 1 is 1.16 bits per heavy atom. The van der Waals surface area contributed by atoms with Gasteiger partial charge in [-0.15, -0.1) is 0 Å². The maximum Gasteiger partial charge on any atom is 0.233 e. The Hall–Kier alpha value is -1.68. The summed E-state index contributed by atoms with van der Waals surface area (Å²) in [5.74, 6) is -0.608. The maximum absolute atomic E-state index is 12.4. The fourth-order valence-corrected chi connectivity index (χ4v) is 3.73. The van der Waals surface area contributed by atoms with Gasteiger partial charge >= 0.3 is 0 Å². The van der Waals surface area contributed by atoms with E-state index in [1.54, 1.807) is 0 Å². The third-order valence-corrected chi connectivity index (χ3v) is 5.17. The zero-order chi connectivity index (χ0) is 18.4. The maximum atomic E-state index is 12.4. The van der Waals surface area contributed by atoms with Crippen LogP contribution in [0, 0.1) is 11.8 Å². The molecule has 1 aliphatic carbocycles. The van der Waals surface area contributed by atoms with E-state index in [4.69, 9.17) is 5.11 Å². The quantitative estimate of drug-likeness (QED) is 0.538. The summed E-state index contributed by atoms with van der Waals surface area (Å²) in [5, 5.41) is 9.04. The van der Waals surface area contributed by atoms with Crippen molar-refractivity contribution in [2.45, 2.75) is 59.3 Å². The van der Waals surface area contributed by atoms with Crippen LogP contribution in [0.1, 0.15) is 59.3 Å². The smallest absolute Gasteiger partial charge is 0.233 e. The van der Waals surface area contributed by atoms with Gasteiger partial charge in [-0.25, -0.2) is 0 Å². The van der Waals surface area contributed by atoms with E-state index in [0.717, 1.165) is 25.7 Å². The summed E-state index contributed by atoms with van der Waals surface area (Å²) in [6.07, 6.45) is 12.2. The first-order valence-corrected chi connectivity index (χ1v) is 9.37. The Balaban J connectivity index is 1.84. The highest BCUT2D eigenvalue weighted by atomic mass is 16.3. The Morgan fingerprint density at radius 3 is 2.56 bits per heavy atom. The van der Waals surface area contributed by atoms with E-state index in [2.05, 4.69) is 39.0 Å². The summed E-state index contributed by atoms with van der Waals surface area (Å²) in [7, 11) is 0. The van der Waals surface area contributed by atoms with E-state index < -0.39 is 0 Å². The molecule has 2 aliphatic rings. The number of fused-ring (bicyclic) bond motifs is 1. The fourth-order valence-electron chi connectivity index (χ4n) is 3.73. The van der Waals surface area contributed by atoms with E-state index in [0.29, 0.717) is 12.8 Å². The van der Waals surface area contributed by atoms with E-state index >= 15 is 0 Å². The third-order valence-electron chi connectivity index (χ3n) is 5.17. The molecule has 0 aromatic carbocycles. The molecular formula is C21H31NO3. The summed E-state index contributed by atoms with van der Waals surface area (Å²) < 4.78 is 0. The van der Waals surface area contributed by atoms with Gasteiger partial charge in [-0.05, 0) is 59.3 Å². The number of carbonyl (C=O) groups is 2. The lowest BCUT2D eigenvalue weighted by atomic mass is 9.80. The molecule has 0 spiro atoms. The second kappa shape index (κ2) is 9.14. The molecule has 4 nitrogen and oxygen atoms in total. The molecule has 1 N–H and O–H groups in total. The average Bonchev–Trinajstić information content (AvgIpc) is 2.80. The molecule has 0 bridgehead atoms. The van der Waals surface area contributed by atoms with Gasteiger partial charge in [-0.2, -0.15) is 0 Å². The minimum Gasteiger partial charge on any atom is -0.395 e. The Bertz CT molecular complexity index is 596. The minimum absolute atomic E-state index is 0.0944. The molecule has 0 aromatic rings. The zero-order valence-corrected chi connectivity index (χ0v) is 15.8. The van der Waals surface area contributed by atoms with E-state index in [-0.39, 0.29) is 36.8 Å². The highest BCUT2D eigenvalue weighted by Gasteiger charge is 2.47. The lowest BCUT2D eigenvalue weighted by molar-refractivity contribution is -0.140. The topological polar surface area (TPSA) is 57.6 Å². The molecule has 1 heterocycles. The second-order valence-electron chi connectivity index (χ2n) is 7.48. The monoisotopic (exact) mass is 345 g/mol. The van der Waals surface area contributed by atoms with Crippen LogP contribution in [0.15, 0.2) is 34.9 Å². The number of hydrogen-bond acceptors (Lipinski definition) is 3. The predicted molar refractivity (Wildman–Crippen MR) is 99.8 cm³/mol. The fraction of sp³-hybridized carbons (Fsp3) is 0.619. The molecule has 2 atom stereocenters. The van der Waals surface area contributed by atoms with Crippen LogP contribution in [0.3, 0.4) is 0 Å². The van der Waals surface area contributed by atoms with Crippen molar-refractivity contribution in [1.82, 2.24) is 4.90 Å². The Labute approximate surface area is 151 Å². The Morgan fingerprint density at radius 2 is 1.88 bits per heavy atom. The molecule has 1 aliphatic heterocycles. The van der Waals surface area contributed by atoms with Crippen LogP contribution >= 0.6 is 0 Å². The first kappa shape index (κ1) is 19.6. The number of amides is 2. The average molecular weight is 345 g/mol. The van der Waals surface area contributed by atoms with Gasteiger partial charge in [-0.1, -0.05) is 34.9 Å². The molecule has 25 heavy (non-hydrogen) atoms. The van der Waals surface area contributed by atoms with Crippen molar-refractivity contribution in [2.24, 2.45) is 11.8 Å².